The number of phenols is 1. The molecule has 0 atom stereocenters. The lowest BCUT2D eigenvalue weighted by atomic mass is 9.99. The van der Waals surface area contributed by atoms with E-state index in [4.69, 9.17) is 30.3 Å². The predicted octanol–water partition coefficient (Wildman–Crippen LogP) is 1.11. The molecular weight excluding hydrogens is 410 g/mol. The van der Waals surface area contributed by atoms with Crippen LogP contribution in [0.1, 0.15) is 11.4 Å². The van der Waals surface area contributed by atoms with E-state index in [2.05, 4.69) is 14.9 Å². The monoisotopic (exact) mass is 435 g/mol. The van der Waals surface area contributed by atoms with E-state index in [0.717, 1.165) is 10.8 Å². The van der Waals surface area contributed by atoms with Gasteiger partial charge in [0.1, 0.15) is 11.5 Å². The molecule has 2 aliphatic heterocycles. The van der Waals surface area contributed by atoms with Crippen LogP contribution in [0.2, 0.25) is 0 Å². The molecule has 0 spiro atoms. The molecule has 2 aromatic carbocycles. The Bertz CT molecular complexity index is 1110. The van der Waals surface area contributed by atoms with Crippen molar-refractivity contribution in [1.29, 1.82) is 0 Å². The van der Waals surface area contributed by atoms with Crippen molar-refractivity contribution in [2.45, 2.75) is 0 Å². The number of nitrogens with zero attached hydrogens (tertiary/aromatic N) is 6. The summed E-state index contributed by atoms with van der Waals surface area (Å²) in [6, 6.07) is 11.2. The van der Waals surface area contributed by atoms with Gasteiger partial charge in [0, 0.05) is 26.2 Å². The van der Waals surface area contributed by atoms with Crippen molar-refractivity contribution in [2.24, 2.45) is 10.9 Å². The van der Waals surface area contributed by atoms with Crippen LogP contribution in [-0.2, 0) is 9.47 Å². The summed E-state index contributed by atoms with van der Waals surface area (Å²) >= 11 is 0. The third-order valence-electron chi connectivity index (χ3n) is 5.68. The minimum absolute atomic E-state index is 0.0640. The standard InChI is InChI=1S/C22H25N7O3/c23-27-19(18-16-4-2-1-3-15(16)5-6-17(18)30)20-24-21(28-7-11-31-12-8-28)26-22(25-20)29-9-13-32-14-10-29/h1-6,30H,7-14,23H2/b27-19+. The fraction of sp³-hybridized carbons (Fsp3) is 0.364. The molecule has 0 amide bonds. The molecule has 3 heterocycles. The molecule has 10 heteroatoms. The van der Waals surface area contributed by atoms with Gasteiger partial charge in [0.05, 0.1) is 32.0 Å². The number of benzene rings is 2. The van der Waals surface area contributed by atoms with Gasteiger partial charge in [-0.1, -0.05) is 30.3 Å². The highest BCUT2D eigenvalue weighted by Gasteiger charge is 2.25. The van der Waals surface area contributed by atoms with Crippen LogP contribution in [0.5, 0.6) is 5.75 Å². The minimum Gasteiger partial charge on any atom is -0.507 e. The summed E-state index contributed by atoms with van der Waals surface area (Å²) in [6.07, 6.45) is 0. The summed E-state index contributed by atoms with van der Waals surface area (Å²) in [7, 11) is 0. The van der Waals surface area contributed by atoms with E-state index < -0.39 is 0 Å². The van der Waals surface area contributed by atoms with Crippen molar-refractivity contribution in [3.8, 4) is 5.75 Å². The Kier molecular flexibility index (Phi) is 5.70. The van der Waals surface area contributed by atoms with Gasteiger partial charge < -0.3 is 30.2 Å². The van der Waals surface area contributed by atoms with Crippen LogP contribution in [-0.4, -0.2) is 78.4 Å². The number of fused-ring (bicyclic) bond motifs is 1. The Balaban J connectivity index is 1.65. The number of anilines is 2. The molecular formula is C22H25N7O3. The Morgan fingerprint density at radius 3 is 2.03 bits per heavy atom. The second kappa shape index (κ2) is 8.93. The maximum Gasteiger partial charge on any atom is 0.230 e. The molecule has 2 saturated heterocycles. The van der Waals surface area contributed by atoms with Gasteiger partial charge >= 0.3 is 0 Å². The molecule has 5 rings (SSSR count). The van der Waals surface area contributed by atoms with Crippen LogP contribution in [0.15, 0.2) is 41.5 Å². The lowest BCUT2D eigenvalue weighted by molar-refractivity contribution is 0.121. The summed E-state index contributed by atoms with van der Waals surface area (Å²) in [5.74, 6) is 7.33. The number of ether oxygens (including phenoxy) is 2. The van der Waals surface area contributed by atoms with Crippen LogP contribution in [0.4, 0.5) is 11.9 Å². The average molecular weight is 435 g/mol. The largest absolute Gasteiger partial charge is 0.507 e. The maximum absolute atomic E-state index is 10.7. The number of morpholine rings is 2. The number of nitrogens with two attached hydrogens (primary N) is 1. The molecule has 0 aliphatic carbocycles. The molecule has 166 valence electrons. The van der Waals surface area contributed by atoms with Crippen LogP contribution in [0, 0.1) is 0 Å². The fourth-order valence-electron chi connectivity index (χ4n) is 4.01. The van der Waals surface area contributed by atoms with Crippen molar-refractivity contribution in [3.63, 3.8) is 0 Å². The van der Waals surface area contributed by atoms with Crippen LogP contribution in [0.25, 0.3) is 10.8 Å². The molecule has 32 heavy (non-hydrogen) atoms. The highest BCUT2D eigenvalue weighted by Crippen LogP contribution is 2.30. The third kappa shape index (κ3) is 3.90. The van der Waals surface area contributed by atoms with E-state index in [9.17, 15) is 5.11 Å². The number of aromatic nitrogens is 3. The van der Waals surface area contributed by atoms with Gasteiger partial charge in [0.15, 0.2) is 5.82 Å². The second-order valence-corrected chi connectivity index (χ2v) is 7.62. The maximum atomic E-state index is 10.7. The highest BCUT2D eigenvalue weighted by atomic mass is 16.5. The lowest BCUT2D eigenvalue weighted by Crippen LogP contribution is -2.40. The van der Waals surface area contributed by atoms with Crippen LogP contribution >= 0.6 is 0 Å². The van der Waals surface area contributed by atoms with Crippen LogP contribution < -0.4 is 15.6 Å². The zero-order valence-corrected chi connectivity index (χ0v) is 17.6. The van der Waals surface area contributed by atoms with Crippen molar-refractivity contribution >= 4 is 28.4 Å². The zero-order valence-electron chi connectivity index (χ0n) is 17.6. The summed E-state index contributed by atoms with van der Waals surface area (Å²) in [4.78, 5) is 18.3. The molecule has 0 bridgehead atoms. The number of rotatable bonds is 4. The number of aromatic hydroxyl groups is 1. The Morgan fingerprint density at radius 2 is 1.44 bits per heavy atom. The third-order valence-corrected chi connectivity index (χ3v) is 5.68. The van der Waals surface area contributed by atoms with Gasteiger partial charge in [-0.2, -0.15) is 20.1 Å². The highest BCUT2D eigenvalue weighted by molar-refractivity contribution is 6.19. The second-order valence-electron chi connectivity index (χ2n) is 7.62. The Labute approximate surface area is 185 Å². The van der Waals surface area contributed by atoms with E-state index in [1.54, 1.807) is 6.07 Å². The lowest BCUT2D eigenvalue weighted by Gasteiger charge is -2.30. The van der Waals surface area contributed by atoms with E-state index in [0.29, 0.717) is 81.6 Å². The predicted molar refractivity (Wildman–Crippen MR) is 121 cm³/mol. The van der Waals surface area contributed by atoms with Gasteiger partial charge in [-0.3, -0.25) is 0 Å². The molecule has 1 aromatic heterocycles. The van der Waals surface area contributed by atoms with Crippen molar-refractivity contribution in [1.82, 2.24) is 15.0 Å². The first-order valence-electron chi connectivity index (χ1n) is 10.7. The molecule has 0 saturated carbocycles. The first-order valence-corrected chi connectivity index (χ1v) is 10.7. The molecule has 0 radical (unpaired) electrons. The normalized spacial score (nSPS) is 17.7. The Hall–Kier alpha value is -3.50. The van der Waals surface area contributed by atoms with Gasteiger partial charge in [-0.15, -0.1) is 0 Å². The van der Waals surface area contributed by atoms with Gasteiger partial charge in [-0.25, -0.2) is 0 Å². The zero-order chi connectivity index (χ0) is 21.9. The minimum atomic E-state index is 0.0640. The molecule has 2 aliphatic rings. The average Bonchev–Trinajstić information content (AvgIpc) is 2.87. The van der Waals surface area contributed by atoms with E-state index >= 15 is 0 Å². The number of phenolic OH excluding ortho intramolecular Hbond substituents is 1. The van der Waals surface area contributed by atoms with Crippen molar-refractivity contribution in [3.05, 3.63) is 47.8 Å². The molecule has 0 unspecified atom stereocenters. The first kappa shape index (κ1) is 20.4. The van der Waals surface area contributed by atoms with Crippen molar-refractivity contribution < 1.29 is 14.6 Å². The summed E-state index contributed by atoms with van der Waals surface area (Å²) in [5, 5.41) is 16.5. The number of hydrazone groups is 1. The Morgan fingerprint density at radius 1 is 0.844 bits per heavy atom. The van der Waals surface area contributed by atoms with E-state index in [-0.39, 0.29) is 5.75 Å². The summed E-state index contributed by atoms with van der Waals surface area (Å²) in [5.41, 5.74) is 0.809. The quantitative estimate of drug-likeness (QED) is 0.352. The fourth-order valence-corrected chi connectivity index (χ4v) is 4.01. The molecule has 2 fully saturated rings. The number of hydrogen-bond donors (Lipinski definition) is 2. The molecule has 10 nitrogen and oxygen atoms in total. The van der Waals surface area contributed by atoms with E-state index in [1.807, 2.05) is 30.3 Å². The van der Waals surface area contributed by atoms with Gasteiger partial charge in [0.2, 0.25) is 11.9 Å². The van der Waals surface area contributed by atoms with Gasteiger partial charge in [0.25, 0.3) is 0 Å². The summed E-state index contributed by atoms with van der Waals surface area (Å²) in [6.45, 7) is 5.15. The summed E-state index contributed by atoms with van der Waals surface area (Å²) < 4.78 is 11.0. The van der Waals surface area contributed by atoms with E-state index in [1.165, 1.54) is 0 Å². The van der Waals surface area contributed by atoms with Gasteiger partial charge in [-0.05, 0) is 16.8 Å². The first-order chi connectivity index (χ1) is 15.7. The number of hydrogen-bond acceptors (Lipinski definition) is 10. The van der Waals surface area contributed by atoms with Crippen molar-refractivity contribution in [2.75, 3.05) is 62.4 Å². The van der Waals surface area contributed by atoms with Crippen LogP contribution in [0.3, 0.4) is 0 Å². The topological polar surface area (TPSA) is 122 Å². The molecule has 3 N–H and O–H groups in total. The smallest absolute Gasteiger partial charge is 0.230 e. The SMILES string of the molecule is N/N=C(/c1nc(N2CCOCC2)nc(N2CCOCC2)n1)c1c(O)ccc2ccccc12. The molecule has 3 aromatic rings.